The smallest absolute Gasteiger partial charge is 0.207 e. The molecule has 0 amide bonds. The summed E-state index contributed by atoms with van der Waals surface area (Å²) in [5.74, 6) is 0. The molecule has 3 nitrogen and oxygen atoms in total. The van der Waals surface area contributed by atoms with Gasteiger partial charge in [-0.05, 0) is 30.5 Å². The van der Waals surface area contributed by atoms with Crippen molar-refractivity contribution < 1.29 is 8.42 Å². The highest BCUT2D eigenvalue weighted by molar-refractivity contribution is 7.89. The van der Waals surface area contributed by atoms with Crippen LogP contribution in [0, 0.1) is 0 Å². The predicted molar refractivity (Wildman–Crippen MR) is 83.8 cm³/mol. The Bertz CT molecular complexity index is 731. The molecule has 0 spiro atoms. The van der Waals surface area contributed by atoms with Crippen molar-refractivity contribution in [3.8, 4) is 0 Å². The third-order valence-electron chi connectivity index (χ3n) is 3.81. The van der Waals surface area contributed by atoms with E-state index in [1.807, 2.05) is 30.3 Å². The van der Waals surface area contributed by atoms with Crippen LogP contribution in [0.25, 0.3) is 0 Å². The third kappa shape index (κ3) is 2.71. The lowest BCUT2D eigenvalue weighted by Crippen LogP contribution is -2.30. The molecule has 2 aromatic rings. The quantitative estimate of drug-likeness (QED) is 0.860. The molecule has 0 unspecified atom stereocenters. The van der Waals surface area contributed by atoms with Crippen molar-refractivity contribution in [1.82, 2.24) is 4.31 Å². The van der Waals surface area contributed by atoms with Crippen molar-refractivity contribution in [2.75, 3.05) is 6.54 Å². The van der Waals surface area contributed by atoms with Crippen LogP contribution < -0.4 is 0 Å². The van der Waals surface area contributed by atoms with Crippen molar-refractivity contribution in [1.29, 1.82) is 0 Å². The molecular formula is C16H16ClNO2S. The Kier molecular flexibility index (Phi) is 4.02. The van der Waals surface area contributed by atoms with E-state index in [9.17, 15) is 8.42 Å². The van der Waals surface area contributed by atoms with E-state index in [4.69, 9.17) is 11.6 Å². The van der Waals surface area contributed by atoms with E-state index in [1.54, 1.807) is 28.6 Å². The molecule has 0 aromatic heterocycles. The first-order valence-electron chi connectivity index (χ1n) is 6.92. The lowest BCUT2D eigenvalue weighted by molar-refractivity contribution is 0.397. The van der Waals surface area contributed by atoms with E-state index in [-0.39, 0.29) is 16.0 Å². The second-order valence-electron chi connectivity index (χ2n) is 5.11. The van der Waals surface area contributed by atoms with E-state index < -0.39 is 10.0 Å². The third-order valence-corrected chi connectivity index (χ3v) is 6.22. The van der Waals surface area contributed by atoms with Crippen LogP contribution in [-0.4, -0.2) is 19.3 Å². The molecule has 1 heterocycles. The summed E-state index contributed by atoms with van der Waals surface area (Å²) in [7, 11) is -3.57. The van der Waals surface area contributed by atoms with Crippen molar-refractivity contribution in [2.45, 2.75) is 23.8 Å². The summed E-state index contributed by atoms with van der Waals surface area (Å²) in [6, 6.07) is 16.3. The first-order chi connectivity index (χ1) is 10.1. The van der Waals surface area contributed by atoms with Gasteiger partial charge in [-0.25, -0.2) is 8.42 Å². The van der Waals surface area contributed by atoms with Gasteiger partial charge >= 0.3 is 0 Å². The van der Waals surface area contributed by atoms with Gasteiger partial charge in [0.25, 0.3) is 0 Å². The Hall–Kier alpha value is -1.36. The van der Waals surface area contributed by atoms with Gasteiger partial charge in [0.2, 0.25) is 10.0 Å². The topological polar surface area (TPSA) is 37.4 Å². The van der Waals surface area contributed by atoms with Gasteiger partial charge in [-0.3, -0.25) is 0 Å². The van der Waals surface area contributed by atoms with Gasteiger partial charge in [0, 0.05) is 6.54 Å². The fraction of sp³-hybridized carbons (Fsp3) is 0.250. The molecule has 1 aliphatic heterocycles. The zero-order valence-electron chi connectivity index (χ0n) is 11.4. The molecule has 1 fully saturated rings. The minimum Gasteiger partial charge on any atom is -0.207 e. The minimum absolute atomic E-state index is 0.104. The number of hydrogen-bond donors (Lipinski definition) is 0. The normalized spacial score (nSPS) is 19.8. The Morgan fingerprint density at radius 3 is 2.38 bits per heavy atom. The van der Waals surface area contributed by atoms with E-state index in [1.165, 1.54) is 0 Å². The molecule has 1 aliphatic rings. The van der Waals surface area contributed by atoms with Crippen LogP contribution in [0.15, 0.2) is 59.5 Å². The molecule has 0 N–H and O–H groups in total. The Balaban J connectivity index is 2.01. The first kappa shape index (κ1) is 14.6. The summed E-state index contributed by atoms with van der Waals surface area (Å²) < 4.78 is 27.3. The van der Waals surface area contributed by atoms with Crippen LogP contribution in [-0.2, 0) is 10.0 Å². The first-order valence-corrected chi connectivity index (χ1v) is 8.74. The maximum absolute atomic E-state index is 12.9. The second kappa shape index (κ2) is 5.79. The minimum atomic E-state index is -3.57. The molecule has 0 aliphatic carbocycles. The van der Waals surface area contributed by atoms with E-state index in [0.717, 1.165) is 18.4 Å². The van der Waals surface area contributed by atoms with Gasteiger partial charge in [0.05, 0.1) is 11.1 Å². The monoisotopic (exact) mass is 321 g/mol. The van der Waals surface area contributed by atoms with Gasteiger partial charge in [-0.15, -0.1) is 0 Å². The lowest BCUT2D eigenvalue weighted by atomic mass is 10.1. The van der Waals surface area contributed by atoms with E-state index in [0.29, 0.717) is 6.54 Å². The summed E-state index contributed by atoms with van der Waals surface area (Å²) in [4.78, 5) is 0.189. The lowest BCUT2D eigenvalue weighted by Gasteiger charge is -2.24. The van der Waals surface area contributed by atoms with Crippen LogP contribution in [0.2, 0.25) is 5.02 Å². The van der Waals surface area contributed by atoms with Crippen LogP contribution in [0.3, 0.4) is 0 Å². The predicted octanol–water partition coefficient (Wildman–Crippen LogP) is 3.87. The summed E-state index contributed by atoms with van der Waals surface area (Å²) >= 11 is 6.08. The average molecular weight is 322 g/mol. The zero-order chi connectivity index (χ0) is 14.9. The summed E-state index contributed by atoms with van der Waals surface area (Å²) in [6.45, 7) is 0.535. The number of sulfonamides is 1. The molecule has 0 saturated carbocycles. The molecule has 110 valence electrons. The molecular weight excluding hydrogens is 306 g/mol. The van der Waals surface area contributed by atoms with Crippen molar-refractivity contribution in [3.63, 3.8) is 0 Å². The average Bonchev–Trinajstić information content (AvgIpc) is 2.99. The Morgan fingerprint density at radius 2 is 1.67 bits per heavy atom. The van der Waals surface area contributed by atoms with Gasteiger partial charge in [0.15, 0.2) is 0 Å². The molecule has 5 heteroatoms. The summed E-state index contributed by atoms with van der Waals surface area (Å²) in [6.07, 6.45) is 1.71. The maximum atomic E-state index is 12.9. The van der Waals surface area contributed by atoms with E-state index in [2.05, 4.69) is 0 Å². The van der Waals surface area contributed by atoms with Gasteiger partial charge < -0.3 is 0 Å². The van der Waals surface area contributed by atoms with Crippen LogP contribution in [0.1, 0.15) is 24.4 Å². The highest BCUT2D eigenvalue weighted by atomic mass is 35.5. The molecule has 1 saturated heterocycles. The molecule has 2 aromatic carbocycles. The number of benzene rings is 2. The second-order valence-corrected chi connectivity index (χ2v) is 7.38. The summed E-state index contributed by atoms with van der Waals surface area (Å²) in [5, 5.41) is 0.274. The fourth-order valence-electron chi connectivity index (χ4n) is 2.82. The Labute approximate surface area is 130 Å². The van der Waals surface area contributed by atoms with Gasteiger partial charge in [0.1, 0.15) is 4.90 Å². The molecule has 1 atom stereocenters. The van der Waals surface area contributed by atoms with Crippen LogP contribution >= 0.6 is 11.6 Å². The highest BCUT2D eigenvalue weighted by Crippen LogP contribution is 2.37. The SMILES string of the molecule is O=S(=O)(c1ccccc1Cl)N1CCC[C@H]1c1ccccc1. The zero-order valence-corrected chi connectivity index (χ0v) is 13.0. The maximum Gasteiger partial charge on any atom is 0.245 e. The Morgan fingerprint density at radius 1 is 1.00 bits per heavy atom. The van der Waals surface area contributed by atoms with Crippen LogP contribution in [0.4, 0.5) is 0 Å². The molecule has 0 bridgehead atoms. The molecule has 3 rings (SSSR count). The number of nitrogens with zero attached hydrogens (tertiary/aromatic N) is 1. The van der Waals surface area contributed by atoms with E-state index >= 15 is 0 Å². The molecule has 21 heavy (non-hydrogen) atoms. The highest BCUT2D eigenvalue weighted by Gasteiger charge is 2.36. The van der Waals surface area contributed by atoms with Crippen molar-refractivity contribution >= 4 is 21.6 Å². The summed E-state index contributed by atoms with van der Waals surface area (Å²) in [5.41, 5.74) is 1.03. The molecule has 0 radical (unpaired) electrons. The number of hydrogen-bond acceptors (Lipinski definition) is 2. The van der Waals surface area contributed by atoms with Crippen molar-refractivity contribution in [2.24, 2.45) is 0 Å². The number of rotatable bonds is 3. The van der Waals surface area contributed by atoms with Crippen LogP contribution in [0.5, 0.6) is 0 Å². The standard InChI is InChI=1S/C16H16ClNO2S/c17-14-9-4-5-11-16(14)21(19,20)18-12-6-10-15(18)13-7-2-1-3-8-13/h1-5,7-9,11,15H,6,10,12H2/t15-/m0/s1. The largest absolute Gasteiger partial charge is 0.245 e. The number of halogens is 1. The van der Waals surface area contributed by atoms with Gasteiger partial charge in [-0.1, -0.05) is 54.1 Å². The van der Waals surface area contributed by atoms with Gasteiger partial charge in [-0.2, -0.15) is 4.31 Å². The fourth-order valence-corrected chi connectivity index (χ4v) is 4.99. The van der Waals surface area contributed by atoms with Crippen molar-refractivity contribution in [3.05, 3.63) is 65.2 Å².